The Morgan fingerprint density at radius 3 is 1.74 bits per heavy atom. The Morgan fingerprint density at radius 2 is 1.35 bits per heavy atom. The molecule has 0 saturated carbocycles. The fourth-order valence-electron chi connectivity index (χ4n) is 1.65. The molecule has 0 N–H and O–H groups in total. The smallest absolute Gasteiger partial charge is 0.212 e. The third-order valence-electron chi connectivity index (χ3n) is 3.26. The Morgan fingerprint density at radius 1 is 0.826 bits per heavy atom. The van der Waals surface area contributed by atoms with E-state index in [2.05, 4.69) is 30.7 Å². The molecule has 0 aliphatic heterocycles. The van der Waals surface area contributed by atoms with E-state index in [1.807, 2.05) is 20.8 Å². The zero-order valence-electron chi connectivity index (χ0n) is 14.4. The van der Waals surface area contributed by atoms with Gasteiger partial charge in [0.2, 0.25) is 5.95 Å². The Bertz CT molecular complexity index is 642. The summed E-state index contributed by atoms with van der Waals surface area (Å²) in [6.07, 6.45) is 3.18. The van der Waals surface area contributed by atoms with Gasteiger partial charge in [0, 0.05) is 12.4 Å². The molecule has 2 aromatic rings. The molecule has 23 heavy (non-hydrogen) atoms. The van der Waals surface area contributed by atoms with E-state index in [1.54, 1.807) is 18.5 Å². The van der Waals surface area contributed by atoms with Gasteiger partial charge in [0.1, 0.15) is 0 Å². The second-order valence-corrected chi connectivity index (χ2v) is 7.72. The largest absolute Gasteiger partial charge is 0.241 e. The monoisotopic (exact) mass is 340 g/mol. The number of aromatic nitrogens is 2. The zero-order valence-corrected chi connectivity index (χ0v) is 15.2. The van der Waals surface area contributed by atoms with Gasteiger partial charge in [-0.2, -0.15) is 4.39 Å². The van der Waals surface area contributed by atoms with Crippen LogP contribution in [-0.2, 0) is 10.8 Å². The first kappa shape index (κ1) is 19.5. The van der Waals surface area contributed by atoms with E-state index in [0.717, 1.165) is 11.1 Å². The summed E-state index contributed by atoms with van der Waals surface area (Å²) in [6, 6.07) is 4.58. The molecule has 0 unspecified atom stereocenters. The standard InChI is InChI=1S/C9H11ClFN.C9H12FN/c1-9(2,3)6-4-7(11)8(10)12-5-6;1-9(2,3)7-4-5-8(10)11-6-7/h4-5H,1-3H3;4-6H,1-3H3. The van der Waals surface area contributed by atoms with Crippen molar-refractivity contribution >= 4 is 11.6 Å². The first-order valence-electron chi connectivity index (χ1n) is 7.35. The highest BCUT2D eigenvalue weighted by Crippen LogP contribution is 2.23. The van der Waals surface area contributed by atoms with Crippen molar-refractivity contribution in [3.8, 4) is 0 Å². The molecule has 0 bridgehead atoms. The normalized spacial score (nSPS) is 11.7. The molecule has 0 aromatic carbocycles. The van der Waals surface area contributed by atoms with E-state index < -0.39 is 11.8 Å². The fourth-order valence-corrected chi connectivity index (χ4v) is 1.75. The summed E-state index contributed by atoms with van der Waals surface area (Å²) in [5.74, 6) is -0.873. The third-order valence-corrected chi connectivity index (χ3v) is 3.53. The molecule has 2 nitrogen and oxygen atoms in total. The Hall–Kier alpha value is -1.55. The number of halogens is 3. The lowest BCUT2D eigenvalue weighted by molar-refractivity contribution is 0.559. The topological polar surface area (TPSA) is 25.8 Å². The van der Waals surface area contributed by atoms with Crippen molar-refractivity contribution in [1.82, 2.24) is 9.97 Å². The minimum absolute atomic E-state index is 0.0562. The Kier molecular flexibility index (Phi) is 6.23. The number of hydrogen-bond acceptors (Lipinski definition) is 2. The maximum Gasteiger partial charge on any atom is 0.212 e. The summed E-state index contributed by atoms with van der Waals surface area (Å²) in [4.78, 5) is 7.31. The van der Waals surface area contributed by atoms with E-state index in [-0.39, 0.29) is 16.0 Å². The second-order valence-electron chi connectivity index (χ2n) is 7.37. The summed E-state index contributed by atoms with van der Waals surface area (Å²) >= 11 is 5.44. The third kappa shape index (κ3) is 6.22. The van der Waals surface area contributed by atoms with Gasteiger partial charge in [0.05, 0.1) is 0 Å². The molecule has 2 rings (SSSR count). The molecule has 0 radical (unpaired) electrons. The average Bonchev–Trinajstić information content (AvgIpc) is 2.41. The van der Waals surface area contributed by atoms with E-state index in [4.69, 9.17) is 11.6 Å². The maximum absolute atomic E-state index is 12.9. The predicted octanol–water partition coefficient (Wildman–Crippen LogP) is 5.69. The van der Waals surface area contributed by atoms with Gasteiger partial charge in [-0.25, -0.2) is 14.4 Å². The highest BCUT2D eigenvalue weighted by atomic mass is 35.5. The first-order chi connectivity index (χ1) is 10.4. The fraction of sp³-hybridized carbons (Fsp3) is 0.444. The lowest BCUT2D eigenvalue weighted by atomic mass is 9.88. The molecule has 2 heterocycles. The average molecular weight is 341 g/mol. The van der Waals surface area contributed by atoms with Crippen LogP contribution in [0, 0.1) is 11.8 Å². The van der Waals surface area contributed by atoms with Gasteiger partial charge in [-0.15, -0.1) is 0 Å². The SMILES string of the molecule is CC(C)(C)c1ccc(F)nc1.CC(C)(C)c1cnc(Cl)c(F)c1. The highest BCUT2D eigenvalue weighted by Gasteiger charge is 2.15. The van der Waals surface area contributed by atoms with Crippen LogP contribution in [0.25, 0.3) is 0 Å². The highest BCUT2D eigenvalue weighted by molar-refractivity contribution is 6.29. The molecule has 0 aliphatic carbocycles. The summed E-state index contributed by atoms with van der Waals surface area (Å²) in [7, 11) is 0. The van der Waals surface area contributed by atoms with Gasteiger partial charge in [-0.1, -0.05) is 59.2 Å². The molecule has 2 aromatic heterocycles. The van der Waals surface area contributed by atoms with Gasteiger partial charge in [0.15, 0.2) is 11.0 Å². The Labute approximate surface area is 141 Å². The summed E-state index contributed by atoms with van der Waals surface area (Å²) < 4.78 is 25.3. The summed E-state index contributed by atoms with van der Waals surface area (Å²) in [5.41, 5.74) is 1.88. The number of nitrogens with zero attached hydrogens (tertiary/aromatic N) is 2. The van der Waals surface area contributed by atoms with Crippen molar-refractivity contribution in [2.24, 2.45) is 0 Å². The zero-order chi connectivity index (χ0) is 17.8. The van der Waals surface area contributed by atoms with Crippen LogP contribution >= 0.6 is 11.6 Å². The minimum atomic E-state index is -0.455. The molecule has 5 heteroatoms. The first-order valence-corrected chi connectivity index (χ1v) is 7.72. The quantitative estimate of drug-likeness (QED) is 0.576. The van der Waals surface area contributed by atoms with Crippen molar-refractivity contribution in [3.63, 3.8) is 0 Å². The van der Waals surface area contributed by atoms with Crippen LogP contribution in [0.3, 0.4) is 0 Å². The molecule has 0 amide bonds. The van der Waals surface area contributed by atoms with Crippen LogP contribution in [0.15, 0.2) is 30.6 Å². The molecule has 0 fully saturated rings. The summed E-state index contributed by atoms with van der Waals surface area (Å²) in [5, 5.41) is -0.0667. The summed E-state index contributed by atoms with van der Waals surface area (Å²) in [6.45, 7) is 12.2. The lowest BCUT2D eigenvalue weighted by Gasteiger charge is -2.18. The lowest BCUT2D eigenvalue weighted by Crippen LogP contribution is -2.11. The molecule has 126 valence electrons. The molecular weight excluding hydrogens is 318 g/mol. The molecule has 0 atom stereocenters. The molecular formula is C18H23ClF2N2. The second kappa shape index (κ2) is 7.35. The van der Waals surface area contributed by atoms with Crippen molar-refractivity contribution in [2.45, 2.75) is 52.4 Å². The molecule has 0 spiro atoms. The van der Waals surface area contributed by atoms with E-state index in [9.17, 15) is 8.78 Å². The van der Waals surface area contributed by atoms with E-state index >= 15 is 0 Å². The van der Waals surface area contributed by atoms with Crippen LogP contribution in [-0.4, -0.2) is 9.97 Å². The molecule has 0 saturated heterocycles. The Balaban J connectivity index is 0.000000231. The van der Waals surface area contributed by atoms with Gasteiger partial charge >= 0.3 is 0 Å². The van der Waals surface area contributed by atoms with Crippen LogP contribution in [0.4, 0.5) is 8.78 Å². The van der Waals surface area contributed by atoms with Gasteiger partial charge in [-0.3, -0.25) is 0 Å². The van der Waals surface area contributed by atoms with Crippen molar-refractivity contribution in [2.75, 3.05) is 0 Å². The number of hydrogen-bond donors (Lipinski definition) is 0. The van der Waals surface area contributed by atoms with Crippen LogP contribution in [0.2, 0.25) is 5.15 Å². The van der Waals surface area contributed by atoms with Gasteiger partial charge in [-0.05, 0) is 34.1 Å². The van der Waals surface area contributed by atoms with Gasteiger partial charge in [0.25, 0.3) is 0 Å². The van der Waals surface area contributed by atoms with Gasteiger partial charge < -0.3 is 0 Å². The molecule has 0 aliphatic rings. The van der Waals surface area contributed by atoms with Crippen LogP contribution < -0.4 is 0 Å². The van der Waals surface area contributed by atoms with Crippen molar-refractivity contribution in [3.05, 3.63) is 58.6 Å². The predicted molar refractivity (Wildman–Crippen MR) is 90.8 cm³/mol. The van der Waals surface area contributed by atoms with E-state index in [0.29, 0.717) is 0 Å². The van der Waals surface area contributed by atoms with Crippen LogP contribution in [0.5, 0.6) is 0 Å². The van der Waals surface area contributed by atoms with Crippen LogP contribution in [0.1, 0.15) is 52.7 Å². The van der Waals surface area contributed by atoms with Crippen molar-refractivity contribution < 1.29 is 8.78 Å². The minimum Gasteiger partial charge on any atom is -0.241 e. The number of pyridine rings is 2. The number of rotatable bonds is 0. The van der Waals surface area contributed by atoms with E-state index in [1.165, 1.54) is 12.1 Å². The maximum atomic E-state index is 12.9. The van der Waals surface area contributed by atoms with Crippen molar-refractivity contribution in [1.29, 1.82) is 0 Å².